The van der Waals surface area contributed by atoms with E-state index >= 15 is 0 Å². The second-order valence-electron chi connectivity index (χ2n) is 13.6. The van der Waals surface area contributed by atoms with Crippen LogP contribution in [0.5, 0.6) is 0 Å². The van der Waals surface area contributed by atoms with Crippen LogP contribution in [0.4, 0.5) is 0 Å². The van der Waals surface area contributed by atoms with Gasteiger partial charge in [-0.1, -0.05) is 147 Å². The SMILES string of the molecule is CCCCCC/C=C/CCCCCCCCCOC(=O)c1cccc(S(=O)(=O)[O-])c1C(=O)OCCCCCCCCC/C=C/CCCCCC.[K+]. The number of carbonyl (C=O) groups excluding carboxylic acids is 2. The van der Waals surface area contributed by atoms with Gasteiger partial charge in [-0.25, -0.2) is 18.0 Å². The van der Waals surface area contributed by atoms with Crippen LogP contribution in [-0.4, -0.2) is 38.1 Å². The Morgan fingerprint density at radius 3 is 1.29 bits per heavy atom. The summed E-state index contributed by atoms with van der Waals surface area (Å²) >= 11 is 0. The van der Waals surface area contributed by atoms with Crippen molar-refractivity contribution in [3.8, 4) is 0 Å². The van der Waals surface area contributed by atoms with Crippen LogP contribution in [-0.2, 0) is 19.6 Å². The maximum Gasteiger partial charge on any atom is 1.00 e. The maximum absolute atomic E-state index is 13.0. The van der Waals surface area contributed by atoms with Crippen molar-refractivity contribution < 1.29 is 83.4 Å². The summed E-state index contributed by atoms with van der Waals surface area (Å²) in [7, 11) is -5.01. The van der Waals surface area contributed by atoms with Gasteiger partial charge in [-0.2, -0.15) is 0 Å². The van der Waals surface area contributed by atoms with E-state index in [2.05, 4.69) is 38.2 Å². The third-order valence-electron chi connectivity index (χ3n) is 9.00. The first-order valence-electron chi connectivity index (χ1n) is 20.1. The van der Waals surface area contributed by atoms with Gasteiger partial charge in [-0.05, 0) is 76.3 Å². The van der Waals surface area contributed by atoms with Crippen LogP contribution in [0, 0.1) is 0 Å². The van der Waals surface area contributed by atoms with Crippen molar-refractivity contribution in [2.24, 2.45) is 0 Å². The molecule has 0 aliphatic carbocycles. The number of esters is 2. The van der Waals surface area contributed by atoms with Gasteiger partial charge in [-0.15, -0.1) is 0 Å². The number of unbranched alkanes of at least 4 members (excludes halogenated alkanes) is 22. The predicted octanol–water partition coefficient (Wildman–Crippen LogP) is 9.20. The van der Waals surface area contributed by atoms with Crippen molar-refractivity contribution in [3.63, 3.8) is 0 Å². The van der Waals surface area contributed by atoms with E-state index < -0.39 is 32.5 Å². The number of rotatable bonds is 33. The van der Waals surface area contributed by atoms with E-state index in [0.717, 1.165) is 57.4 Å². The molecule has 0 aliphatic heterocycles. The van der Waals surface area contributed by atoms with E-state index in [4.69, 9.17) is 9.47 Å². The number of benzene rings is 1. The zero-order valence-corrected chi connectivity index (χ0v) is 36.5. The zero-order chi connectivity index (χ0) is 36.5. The van der Waals surface area contributed by atoms with Crippen molar-refractivity contribution in [1.29, 1.82) is 0 Å². The normalized spacial score (nSPS) is 11.7. The molecule has 0 fully saturated rings. The molecule has 0 bridgehead atoms. The van der Waals surface area contributed by atoms with Crippen LogP contribution < -0.4 is 51.4 Å². The van der Waals surface area contributed by atoms with Crippen molar-refractivity contribution >= 4 is 22.1 Å². The first kappa shape index (κ1) is 50.2. The van der Waals surface area contributed by atoms with Crippen LogP contribution >= 0.6 is 0 Å². The number of hydrogen-bond acceptors (Lipinski definition) is 7. The summed E-state index contributed by atoms with van der Waals surface area (Å²) < 4.78 is 46.6. The van der Waals surface area contributed by atoms with Crippen LogP contribution in [0.1, 0.15) is 202 Å². The summed E-state index contributed by atoms with van der Waals surface area (Å²) in [6, 6.07) is 3.61. The van der Waals surface area contributed by atoms with Crippen LogP contribution in [0.15, 0.2) is 47.4 Å². The van der Waals surface area contributed by atoms with Gasteiger partial charge in [-0.3, -0.25) is 0 Å². The van der Waals surface area contributed by atoms with Gasteiger partial charge in [0.05, 0.1) is 29.2 Å². The van der Waals surface area contributed by atoms with E-state index in [1.165, 1.54) is 115 Å². The van der Waals surface area contributed by atoms with Crippen LogP contribution in [0.25, 0.3) is 0 Å². The largest absolute Gasteiger partial charge is 1.00 e. The summed E-state index contributed by atoms with van der Waals surface area (Å²) in [5.41, 5.74) is -0.790. The molecular formula is C42H69KO7S. The third kappa shape index (κ3) is 27.4. The molecule has 0 spiro atoms. The molecule has 0 aromatic heterocycles. The molecule has 1 aromatic carbocycles. The van der Waals surface area contributed by atoms with E-state index in [0.29, 0.717) is 12.8 Å². The minimum Gasteiger partial charge on any atom is -0.744 e. The van der Waals surface area contributed by atoms with E-state index in [9.17, 15) is 22.6 Å². The monoisotopic (exact) mass is 756 g/mol. The molecule has 7 nitrogen and oxygen atoms in total. The predicted molar refractivity (Wildman–Crippen MR) is 205 cm³/mol. The first-order chi connectivity index (χ1) is 24.3. The van der Waals surface area contributed by atoms with E-state index in [1.54, 1.807) is 0 Å². The second-order valence-corrected chi connectivity index (χ2v) is 14.9. The summed E-state index contributed by atoms with van der Waals surface area (Å²) in [6.07, 6.45) is 38.9. The fourth-order valence-electron chi connectivity index (χ4n) is 5.95. The van der Waals surface area contributed by atoms with Crippen molar-refractivity contribution in [2.45, 2.75) is 186 Å². The molecular weight excluding hydrogens is 688 g/mol. The van der Waals surface area contributed by atoms with E-state index in [1.807, 2.05) is 0 Å². The molecule has 0 amide bonds. The smallest absolute Gasteiger partial charge is 0.744 e. The van der Waals surface area contributed by atoms with Gasteiger partial charge in [0, 0.05) is 0 Å². The van der Waals surface area contributed by atoms with Crippen molar-refractivity contribution in [2.75, 3.05) is 13.2 Å². The molecule has 0 saturated carbocycles. The number of ether oxygens (including phenoxy) is 2. The molecule has 0 N–H and O–H groups in total. The standard InChI is InChI=1S/C42H70O7S.K/c1-3-5-7-9-11-13-15-17-19-21-23-25-27-29-31-36-48-41(43)38-34-33-35-39(50(45,46)47)40(38)42(44)49-37-32-30-28-26-24-22-20-18-16-14-12-10-8-6-4-2;/h13-16,33-35H,3-12,17-32,36-37H2,1-2H3,(H,45,46,47);/q;+1/p-1/b15-13+,16-14+;. The van der Waals surface area contributed by atoms with Crippen LogP contribution in [0.2, 0.25) is 0 Å². The van der Waals surface area contributed by atoms with Gasteiger partial charge in [0.1, 0.15) is 10.1 Å². The number of hydrogen-bond donors (Lipinski definition) is 0. The Balaban J connectivity index is 0.0000250. The summed E-state index contributed by atoms with van der Waals surface area (Å²) in [4.78, 5) is 25.1. The summed E-state index contributed by atoms with van der Waals surface area (Å²) in [5.74, 6) is -1.82. The number of allylic oxidation sites excluding steroid dienone is 4. The number of carbonyl (C=O) groups is 2. The fourth-order valence-corrected chi connectivity index (χ4v) is 6.63. The second kappa shape index (κ2) is 34.9. The topological polar surface area (TPSA) is 110 Å². The molecule has 0 heterocycles. The Bertz CT molecular complexity index is 1180. The quantitative estimate of drug-likeness (QED) is 0.0231. The Morgan fingerprint density at radius 2 is 0.902 bits per heavy atom. The van der Waals surface area contributed by atoms with Gasteiger partial charge in [0.25, 0.3) is 0 Å². The average molecular weight is 757 g/mol. The van der Waals surface area contributed by atoms with Gasteiger partial charge in [0.15, 0.2) is 0 Å². The molecule has 51 heavy (non-hydrogen) atoms. The Hall–Kier alpha value is -0.814. The molecule has 9 heteroatoms. The maximum atomic E-state index is 13.0. The first-order valence-corrected chi connectivity index (χ1v) is 21.5. The summed E-state index contributed by atoms with van der Waals surface area (Å²) in [6.45, 7) is 4.70. The third-order valence-corrected chi connectivity index (χ3v) is 9.88. The van der Waals surface area contributed by atoms with E-state index in [-0.39, 0.29) is 70.2 Å². The zero-order valence-electron chi connectivity index (χ0n) is 32.6. The summed E-state index contributed by atoms with van der Waals surface area (Å²) in [5, 5.41) is 0. The molecule has 0 saturated heterocycles. The average Bonchev–Trinajstić information content (AvgIpc) is 3.10. The minimum atomic E-state index is -5.01. The minimum absolute atomic E-state index is 0. The molecule has 0 radical (unpaired) electrons. The molecule has 0 aliphatic rings. The molecule has 0 atom stereocenters. The van der Waals surface area contributed by atoms with Crippen molar-refractivity contribution in [1.82, 2.24) is 0 Å². The van der Waals surface area contributed by atoms with Crippen molar-refractivity contribution in [3.05, 3.63) is 53.6 Å². The molecule has 1 rings (SSSR count). The Labute approximate surface area is 354 Å². The molecule has 286 valence electrons. The van der Waals surface area contributed by atoms with Gasteiger partial charge in [0.2, 0.25) is 0 Å². The fraction of sp³-hybridized carbons (Fsp3) is 0.714. The molecule has 0 unspecified atom stereocenters. The van der Waals surface area contributed by atoms with Gasteiger partial charge >= 0.3 is 63.3 Å². The Kier molecular flexibility index (Phi) is 34.4. The van der Waals surface area contributed by atoms with Gasteiger partial charge < -0.3 is 14.0 Å². The van der Waals surface area contributed by atoms with Crippen LogP contribution in [0.3, 0.4) is 0 Å². The molecule has 1 aromatic rings. The Morgan fingerprint density at radius 1 is 0.549 bits per heavy atom.